The Hall–Kier alpha value is -4.11. The average molecular weight is 463 g/mol. The molecular weight excluding hydrogens is 438 g/mol. The normalized spacial score (nSPS) is 14.9. The summed E-state index contributed by atoms with van der Waals surface area (Å²) in [5, 5.41) is 24.0. The molecule has 4 rings (SSSR count). The van der Waals surface area contributed by atoms with Crippen LogP contribution in [0.5, 0.6) is 11.5 Å². The molecule has 0 aliphatic carbocycles. The predicted octanol–water partition coefficient (Wildman–Crippen LogP) is 3.74. The topological polar surface area (TPSA) is 114 Å². The molecule has 3 aromatic rings. The second-order valence-electron chi connectivity index (χ2n) is 8.03. The van der Waals surface area contributed by atoms with Gasteiger partial charge in [0.15, 0.2) is 11.5 Å². The highest BCUT2D eigenvalue weighted by Gasteiger charge is 2.31. The lowest BCUT2D eigenvalue weighted by Gasteiger charge is -2.36. The van der Waals surface area contributed by atoms with Crippen LogP contribution in [0.4, 0.5) is 11.4 Å². The molecule has 1 atom stereocenters. The molecule has 2 N–H and O–H groups in total. The van der Waals surface area contributed by atoms with Crippen molar-refractivity contribution in [2.75, 3.05) is 19.5 Å². The van der Waals surface area contributed by atoms with E-state index in [0.717, 1.165) is 5.56 Å². The third-order valence-corrected chi connectivity index (χ3v) is 5.74. The summed E-state index contributed by atoms with van der Waals surface area (Å²) in [4.78, 5) is 25.4. The minimum absolute atomic E-state index is 0.0190. The summed E-state index contributed by atoms with van der Waals surface area (Å²) in [6, 6.07) is 17.6. The van der Waals surface area contributed by atoms with E-state index in [4.69, 9.17) is 9.47 Å². The van der Waals surface area contributed by atoms with Crippen LogP contribution in [0.2, 0.25) is 0 Å². The number of nitrogens with one attached hydrogen (secondary N) is 1. The largest absolute Gasteiger partial charge is 0.493 e. The molecule has 1 aliphatic rings. The number of fused-ring (bicyclic) bond motifs is 1. The molecule has 1 heterocycles. The number of ether oxygens (including phenoxy) is 2. The zero-order valence-electron chi connectivity index (χ0n) is 18.9. The van der Waals surface area contributed by atoms with Crippen molar-refractivity contribution in [3.05, 3.63) is 93.0 Å². The number of non-ortho nitro benzene ring substituents is 1. The number of anilines is 1. The number of nitrogens with zero attached hydrogens (tertiary/aromatic N) is 2. The molecule has 9 heteroatoms. The van der Waals surface area contributed by atoms with E-state index >= 15 is 0 Å². The van der Waals surface area contributed by atoms with Gasteiger partial charge in [-0.25, -0.2) is 0 Å². The molecule has 0 fully saturated rings. The zero-order valence-corrected chi connectivity index (χ0v) is 18.9. The van der Waals surface area contributed by atoms with Crippen LogP contribution in [0, 0.1) is 10.1 Å². The molecule has 0 radical (unpaired) electrons. The third kappa shape index (κ3) is 4.79. The Morgan fingerprint density at radius 3 is 2.47 bits per heavy atom. The number of nitro groups is 1. The van der Waals surface area contributed by atoms with Gasteiger partial charge in [-0.3, -0.25) is 14.9 Å². The molecule has 34 heavy (non-hydrogen) atoms. The Bertz CT molecular complexity index is 1210. The fourth-order valence-electron chi connectivity index (χ4n) is 3.95. The van der Waals surface area contributed by atoms with E-state index in [1.807, 2.05) is 30.3 Å². The Morgan fingerprint density at radius 2 is 1.79 bits per heavy atom. The second-order valence-corrected chi connectivity index (χ2v) is 8.03. The highest BCUT2D eigenvalue weighted by Crippen LogP contribution is 2.37. The van der Waals surface area contributed by atoms with Gasteiger partial charge >= 0.3 is 0 Å². The Balaban J connectivity index is 1.60. The number of likely N-dealkylation sites (N-methyl/N-ethyl adjacent to an activating group) is 1. The Kier molecular flexibility index (Phi) is 6.65. The second kappa shape index (κ2) is 9.80. The molecule has 3 aromatic carbocycles. The van der Waals surface area contributed by atoms with Crippen molar-refractivity contribution in [1.29, 1.82) is 0 Å². The van der Waals surface area contributed by atoms with Crippen molar-refractivity contribution in [2.45, 2.75) is 25.8 Å². The van der Waals surface area contributed by atoms with Crippen LogP contribution in [0.25, 0.3) is 0 Å². The number of carbonyl (C=O) groups is 1. The van der Waals surface area contributed by atoms with E-state index in [1.165, 1.54) is 19.2 Å². The van der Waals surface area contributed by atoms with Gasteiger partial charge in [0.05, 0.1) is 29.9 Å². The molecule has 0 saturated carbocycles. The van der Waals surface area contributed by atoms with Crippen LogP contribution in [0.1, 0.15) is 27.0 Å². The fraction of sp³-hybridized carbons (Fsp3) is 0.240. The SMILES string of the molecule is COc1cc2c(cc1OCc1cc(CO)cc([N+](=O)[O-])c1)NC(Cc1ccccc1)N(C)C2=O. The number of amides is 1. The van der Waals surface area contributed by atoms with E-state index in [0.29, 0.717) is 40.3 Å². The maximum absolute atomic E-state index is 13.0. The van der Waals surface area contributed by atoms with Crippen molar-refractivity contribution in [3.8, 4) is 11.5 Å². The van der Waals surface area contributed by atoms with E-state index in [2.05, 4.69) is 5.32 Å². The van der Waals surface area contributed by atoms with E-state index < -0.39 is 4.92 Å². The number of hydrogen-bond donors (Lipinski definition) is 2. The van der Waals surface area contributed by atoms with Crippen LogP contribution in [-0.4, -0.2) is 41.2 Å². The lowest BCUT2D eigenvalue weighted by atomic mass is 10.0. The molecule has 0 saturated heterocycles. The minimum atomic E-state index is -0.513. The maximum Gasteiger partial charge on any atom is 0.270 e. The first-order valence-electron chi connectivity index (χ1n) is 10.7. The number of methoxy groups -OCH3 is 1. The van der Waals surface area contributed by atoms with Gasteiger partial charge in [-0.1, -0.05) is 30.3 Å². The molecule has 0 bridgehead atoms. The van der Waals surface area contributed by atoms with Gasteiger partial charge in [-0.2, -0.15) is 0 Å². The van der Waals surface area contributed by atoms with Crippen molar-refractivity contribution in [2.24, 2.45) is 0 Å². The maximum atomic E-state index is 13.0. The standard InChI is InChI=1S/C25H25N3O6/c1-27-24(11-16-6-4-3-5-7-16)26-21-13-23(22(33-2)12-20(21)25(27)30)34-15-18-8-17(14-29)9-19(10-18)28(31)32/h3-10,12-13,24,26,29H,11,14-15H2,1-2H3. The quantitative estimate of drug-likeness (QED) is 0.386. The van der Waals surface area contributed by atoms with Crippen molar-refractivity contribution in [1.82, 2.24) is 4.90 Å². The Morgan fingerprint density at radius 1 is 1.06 bits per heavy atom. The van der Waals surface area contributed by atoms with Gasteiger partial charge < -0.3 is 24.8 Å². The molecular formula is C25H25N3O6. The minimum Gasteiger partial charge on any atom is -0.493 e. The van der Waals surface area contributed by atoms with Crippen molar-refractivity contribution < 1.29 is 24.3 Å². The molecule has 0 spiro atoms. The molecule has 0 aromatic heterocycles. The number of carbonyl (C=O) groups excluding carboxylic acids is 1. The zero-order chi connectivity index (χ0) is 24.2. The lowest BCUT2D eigenvalue weighted by molar-refractivity contribution is -0.385. The average Bonchev–Trinajstić information content (AvgIpc) is 2.85. The number of aliphatic hydroxyl groups excluding tert-OH is 1. The number of benzene rings is 3. The van der Waals surface area contributed by atoms with Crippen LogP contribution in [-0.2, 0) is 19.6 Å². The molecule has 176 valence electrons. The van der Waals surface area contributed by atoms with Gasteiger partial charge in [-0.05, 0) is 28.8 Å². The first-order chi connectivity index (χ1) is 16.4. The third-order valence-electron chi connectivity index (χ3n) is 5.74. The van der Waals surface area contributed by atoms with Gasteiger partial charge in [0.1, 0.15) is 12.8 Å². The molecule has 9 nitrogen and oxygen atoms in total. The summed E-state index contributed by atoms with van der Waals surface area (Å²) in [6.07, 6.45) is 0.384. The van der Waals surface area contributed by atoms with Gasteiger partial charge in [-0.15, -0.1) is 0 Å². The van der Waals surface area contributed by atoms with Crippen molar-refractivity contribution in [3.63, 3.8) is 0 Å². The first-order valence-corrected chi connectivity index (χ1v) is 10.7. The van der Waals surface area contributed by atoms with Crippen LogP contribution in [0.3, 0.4) is 0 Å². The first kappa shape index (κ1) is 23.1. The number of nitro benzene ring substituents is 1. The summed E-state index contributed by atoms with van der Waals surface area (Å²) in [7, 11) is 3.23. The van der Waals surface area contributed by atoms with Crippen molar-refractivity contribution >= 4 is 17.3 Å². The molecule has 1 aliphatic heterocycles. The monoisotopic (exact) mass is 463 g/mol. The fourth-order valence-corrected chi connectivity index (χ4v) is 3.95. The summed E-state index contributed by atoms with van der Waals surface area (Å²) in [5.74, 6) is 0.629. The van der Waals surface area contributed by atoms with Crippen LogP contribution in [0.15, 0.2) is 60.7 Å². The van der Waals surface area contributed by atoms with Crippen LogP contribution >= 0.6 is 0 Å². The van der Waals surface area contributed by atoms with Gasteiger partial charge in [0.25, 0.3) is 11.6 Å². The summed E-state index contributed by atoms with van der Waals surface area (Å²) < 4.78 is 11.4. The lowest BCUT2D eigenvalue weighted by Crippen LogP contribution is -2.47. The Labute approximate surface area is 196 Å². The summed E-state index contributed by atoms with van der Waals surface area (Å²) in [6.45, 7) is -0.301. The van der Waals surface area contributed by atoms with E-state index in [-0.39, 0.29) is 31.0 Å². The highest BCUT2D eigenvalue weighted by molar-refractivity contribution is 6.02. The van der Waals surface area contributed by atoms with E-state index in [1.54, 1.807) is 30.1 Å². The number of rotatable bonds is 8. The summed E-state index contributed by atoms with van der Waals surface area (Å²) in [5.41, 5.74) is 3.01. The van der Waals surface area contributed by atoms with Gasteiger partial charge in [0.2, 0.25) is 0 Å². The highest BCUT2D eigenvalue weighted by atomic mass is 16.6. The number of hydrogen-bond acceptors (Lipinski definition) is 7. The molecule has 1 amide bonds. The van der Waals surface area contributed by atoms with Crippen LogP contribution < -0.4 is 14.8 Å². The summed E-state index contributed by atoms with van der Waals surface area (Å²) >= 11 is 0. The smallest absolute Gasteiger partial charge is 0.270 e. The molecule has 1 unspecified atom stereocenters. The van der Waals surface area contributed by atoms with E-state index in [9.17, 15) is 20.0 Å². The predicted molar refractivity (Wildman–Crippen MR) is 126 cm³/mol. The number of aliphatic hydroxyl groups is 1. The van der Waals surface area contributed by atoms with Gasteiger partial charge in [0, 0.05) is 31.7 Å².